The molecular weight excluding hydrogens is 382 g/mol. The van der Waals surface area contributed by atoms with Gasteiger partial charge in [-0.05, 0) is 47.1 Å². The number of halogens is 1. The third-order valence-corrected chi connectivity index (χ3v) is 5.91. The lowest BCUT2D eigenvalue weighted by atomic mass is 10.0. The number of hydrogen-bond acceptors (Lipinski definition) is 2. The monoisotopic (exact) mass is 401 g/mol. The summed E-state index contributed by atoms with van der Waals surface area (Å²) >= 11 is 3.50. The fraction of sp³-hybridized carbons (Fsp3) is 0.368. The summed E-state index contributed by atoms with van der Waals surface area (Å²) in [5, 5.41) is 0. The van der Waals surface area contributed by atoms with Crippen LogP contribution in [0.3, 0.4) is 0 Å². The van der Waals surface area contributed by atoms with E-state index in [1.807, 2.05) is 35.2 Å². The van der Waals surface area contributed by atoms with Crippen LogP contribution in [0.2, 0.25) is 0 Å². The first-order valence-corrected chi connectivity index (χ1v) is 9.36. The molecule has 2 aliphatic heterocycles. The van der Waals surface area contributed by atoms with Crippen molar-refractivity contribution in [3.63, 3.8) is 0 Å². The quantitative estimate of drug-likeness (QED) is 0.775. The molecule has 3 heterocycles. The Balaban J connectivity index is 1.53. The topological polar surface area (TPSA) is 45.6 Å². The van der Waals surface area contributed by atoms with Gasteiger partial charge in [0.2, 0.25) is 11.8 Å². The predicted octanol–water partition coefficient (Wildman–Crippen LogP) is 3.21. The number of anilines is 1. The van der Waals surface area contributed by atoms with Gasteiger partial charge in [-0.15, -0.1) is 0 Å². The van der Waals surface area contributed by atoms with Crippen molar-refractivity contribution in [2.45, 2.75) is 25.9 Å². The summed E-state index contributed by atoms with van der Waals surface area (Å²) in [5.74, 6) is -0.176. The third-order valence-electron chi connectivity index (χ3n) is 5.24. The van der Waals surface area contributed by atoms with Crippen molar-refractivity contribution in [2.24, 2.45) is 5.92 Å². The van der Waals surface area contributed by atoms with Gasteiger partial charge in [0, 0.05) is 42.4 Å². The first kappa shape index (κ1) is 16.4. The third kappa shape index (κ3) is 2.78. The zero-order valence-electron chi connectivity index (χ0n) is 14.1. The molecule has 2 atom stereocenters. The fourth-order valence-electron chi connectivity index (χ4n) is 3.89. The first-order valence-electron chi connectivity index (χ1n) is 8.56. The van der Waals surface area contributed by atoms with Crippen LogP contribution in [0.1, 0.15) is 25.1 Å². The van der Waals surface area contributed by atoms with Gasteiger partial charge in [0.1, 0.15) is 0 Å². The van der Waals surface area contributed by atoms with Crippen LogP contribution in [0.25, 0.3) is 0 Å². The fourth-order valence-corrected chi connectivity index (χ4v) is 4.39. The molecular formula is C19H20BrN3O2. The standard InChI is InChI=1S/C19H20BrN3O2/c1-13-16-7-4-8-21(16)9-10-22(13)19(25)14-11-18(24)23(12-14)17-6-3-2-5-15(17)20/h2-8,13-14H,9-12H2,1H3/t13-,14+/m1/s1. The van der Waals surface area contributed by atoms with Crippen LogP contribution >= 0.6 is 15.9 Å². The number of hydrogen-bond donors (Lipinski definition) is 0. The van der Waals surface area contributed by atoms with Crippen LogP contribution < -0.4 is 4.90 Å². The molecule has 0 unspecified atom stereocenters. The Hall–Kier alpha value is -2.08. The van der Waals surface area contributed by atoms with E-state index in [9.17, 15) is 9.59 Å². The summed E-state index contributed by atoms with van der Waals surface area (Å²) in [5.41, 5.74) is 2.00. The molecule has 2 aliphatic rings. The zero-order valence-corrected chi connectivity index (χ0v) is 15.6. The highest BCUT2D eigenvalue weighted by atomic mass is 79.9. The highest BCUT2D eigenvalue weighted by molar-refractivity contribution is 9.10. The molecule has 1 aromatic carbocycles. The minimum absolute atomic E-state index is 0.0123. The number of carbonyl (C=O) groups is 2. The maximum atomic E-state index is 13.1. The van der Waals surface area contributed by atoms with Gasteiger partial charge in [0.25, 0.3) is 0 Å². The molecule has 2 amide bonds. The Bertz CT molecular complexity index is 832. The van der Waals surface area contributed by atoms with Crippen molar-refractivity contribution < 1.29 is 9.59 Å². The lowest BCUT2D eigenvalue weighted by molar-refractivity contribution is -0.139. The molecule has 0 radical (unpaired) electrons. The molecule has 0 bridgehead atoms. The Labute approximate surface area is 155 Å². The lowest BCUT2D eigenvalue weighted by Crippen LogP contribution is -2.44. The molecule has 0 N–H and O–H groups in total. The van der Waals surface area contributed by atoms with E-state index in [-0.39, 0.29) is 30.2 Å². The first-order chi connectivity index (χ1) is 12.1. The summed E-state index contributed by atoms with van der Waals surface area (Å²) in [6, 6.07) is 11.8. The summed E-state index contributed by atoms with van der Waals surface area (Å²) in [4.78, 5) is 29.2. The van der Waals surface area contributed by atoms with Crippen LogP contribution in [0, 0.1) is 5.92 Å². The van der Waals surface area contributed by atoms with E-state index in [0.717, 1.165) is 22.4 Å². The van der Waals surface area contributed by atoms with E-state index >= 15 is 0 Å². The smallest absolute Gasteiger partial charge is 0.228 e. The van der Waals surface area contributed by atoms with Crippen molar-refractivity contribution >= 4 is 33.4 Å². The number of fused-ring (bicyclic) bond motifs is 1. The number of carbonyl (C=O) groups excluding carboxylic acids is 2. The molecule has 1 aromatic heterocycles. The van der Waals surface area contributed by atoms with Gasteiger partial charge < -0.3 is 14.4 Å². The van der Waals surface area contributed by atoms with E-state index in [4.69, 9.17) is 0 Å². The number of nitrogens with zero attached hydrogens (tertiary/aromatic N) is 3. The van der Waals surface area contributed by atoms with Gasteiger partial charge >= 0.3 is 0 Å². The number of amides is 2. The van der Waals surface area contributed by atoms with Gasteiger partial charge in [-0.3, -0.25) is 9.59 Å². The molecule has 0 saturated carbocycles. The van der Waals surface area contributed by atoms with Gasteiger partial charge in [-0.1, -0.05) is 12.1 Å². The minimum atomic E-state index is -0.274. The van der Waals surface area contributed by atoms with Gasteiger partial charge in [-0.2, -0.15) is 0 Å². The second-order valence-electron chi connectivity index (χ2n) is 6.69. The normalized spacial score (nSPS) is 23.0. The Morgan fingerprint density at radius 2 is 1.96 bits per heavy atom. The largest absolute Gasteiger partial charge is 0.348 e. The number of para-hydroxylation sites is 1. The summed E-state index contributed by atoms with van der Waals surface area (Å²) < 4.78 is 3.07. The van der Waals surface area contributed by atoms with Gasteiger partial charge in [0.05, 0.1) is 17.6 Å². The molecule has 5 nitrogen and oxygen atoms in total. The highest BCUT2D eigenvalue weighted by Crippen LogP contribution is 2.34. The highest BCUT2D eigenvalue weighted by Gasteiger charge is 2.40. The average molecular weight is 402 g/mol. The van der Waals surface area contributed by atoms with Crippen LogP contribution in [-0.4, -0.2) is 34.4 Å². The SMILES string of the molecule is C[C@@H]1c2cccn2CCN1C(=O)[C@H]1CC(=O)N(c2ccccc2Br)C1. The second-order valence-corrected chi connectivity index (χ2v) is 7.55. The molecule has 0 spiro atoms. The predicted molar refractivity (Wildman–Crippen MR) is 99.2 cm³/mol. The van der Waals surface area contributed by atoms with E-state index in [1.54, 1.807) is 4.90 Å². The molecule has 1 fully saturated rings. The maximum Gasteiger partial charge on any atom is 0.228 e. The molecule has 4 rings (SSSR count). The molecule has 6 heteroatoms. The van der Waals surface area contributed by atoms with E-state index < -0.39 is 0 Å². The summed E-state index contributed by atoms with van der Waals surface area (Å²) in [6.45, 7) is 4.02. The summed E-state index contributed by atoms with van der Waals surface area (Å²) in [7, 11) is 0. The lowest BCUT2D eigenvalue weighted by Gasteiger charge is -2.36. The van der Waals surface area contributed by atoms with E-state index in [1.165, 1.54) is 0 Å². The van der Waals surface area contributed by atoms with Gasteiger partial charge in [0.15, 0.2) is 0 Å². The van der Waals surface area contributed by atoms with E-state index in [2.05, 4.69) is 39.7 Å². The second kappa shape index (κ2) is 6.33. The van der Waals surface area contributed by atoms with E-state index in [0.29, 0.717) is 13.1 Å². The Kier molecular flexibility index (Phi) is 4.15. The summed E-state index contributed by atoms with van der Waals surface area (Å²) in [6.07, 6.45) is 2.34. The molecule has 130 valence electrons. The number of aromatic nitrogens is 1. The number of rotatable bonds is 2. The Morgan fingerprint density at radius 3 is 2.76 bits per heavy atom. The van der Waals surface area contributed by atoms with Crippen LogP contribution in [0.4, 0.5) is 5.69 Å². The average Bonchev–Trinajstić information content (AvgIpc) is 3.22. The molecule has 2 aromatic rings. The molecule has 0 aliphatic carbocycles. The van der Waals surface area contributed by atoms with Crippen LogP contribution in [-0.2, 0) is 16.1 Å². The van der Waals surface area contributed by atoms with Crippen LogP contribution in [0.5, 0.6) is 0 Å². The maximum absolute atomic E-state index is 13.1. The van der Waals surface area contributed by atoms with Crippen molar-refractivity contribution in [3.05, 3.63) is 52.8 Å². The van der Waals surface area contributed by atoms with Crippen molar-refractivity contribution in [3.8, 4) is 0 Å². The van der Waals surface area contributed by atoms with Crippen molar-refractivity contribution in [1.29, 1.82) is 0 Å². The van der Waals surface area contributed by atoms with Crippen LogP contribution in [0.15, 0.2) is 47.1 Å². The van der Waals surface area contributed by atoms with Gasteiger partial charge in [-0.25, -0.2) is 0 Å². The number of benzene rings is 1. The Morgan fingerprint density at radius 1 is 1.16 bits per heavy atom. The zero-order chi connectivity index (χ0) is 17.6. The van der Waals surface area contributed by atoms with Crippen molar-refractivity contribution in [1.82, 2.24) is 9.47 Å². The van der Waals surface area contributed by atoms with Crippen molar-refractivity contribution in [2.75, 3.05) is 18.0 Å². The molecule has 1 saturated heterocycles. The minimum Gasteiger partial charge on any atom is -0.348 e. The molecule has 25 heavy (non-hydrogen) atoms.